The third-order valence-corrected chi connectivity index (χ3v) is 4.27. The Bertz CT molecular complexity index is 394. The Labute approximate surface area is 122 Å². The molecule has 1 heterocycles. The Morgan fingerprint density at radius 3 is 3.00 bits per heavy atom. The van der Waals surface area contributed by atoms with E-state index in [1.54, 1.807) is 0 Å². The van der Waals surface area contributed by atoms with Crippen LogP contribution in [0.25, 0.3) is 0 Å². The molecule has 1 aliphatic heterocycles. The molecule has 0 spiro atoms. The molecule has 1 aliphatic rings. The molecule has 3 heteroatoms. The van der Waals surface area contributed by atoms with E-state index in [2.05, 4.69) is 42.4 Å². The van der Waals surface area contributed by atoms with Gasteiger partial charge in [-0.3, -0.25) is 4.90 Å². The molecule has 0 bridgehead atoms. The number of nitrogens with one attached hydrogen (secondary N) is 1. The second-order valence-electron chi connectivity index (χ2n) is 5.59. The number of rotatable bonds is 5. The molecule has 2 rings (SSSR count). The number of halogens is 1. The van der Waals surface area contributed by atoms with Gasteiger partial charge in [0.25, 0.3) is 0 Å². The van der Waals surface area contributed by atoms with Crippen molar-refractivity contribution in [3.8, 4) is 0 Å². The number of hydrogen-bond donors (Lipinski definition) is 1. The largest absolute Gasteiger partial charge is 0.316 e. The third-order valence-electron chi connectivity index (χ3n) is 4.03. The van der Waals surface area contributed by atoms with E-state index in [1.165, 1.54) is 31.4 Å². The summed E-state index contributed by atoms with van der Waals surface area (Å²) >= 11 is 6.15. The van der Waals surface area contributed by atoms with Crippen LogP contribution in [0, 0.1) is 5.92 Å². The average Bonchev–Trinajstić information content (AvgIpc) is 2.39. The number of piperidine rings is 1. The van der Waals surface area contributed by atoms with E-state index >= 15 is 0 Å². The molecule has 0 saturated carbocycles. The lowest BCUT2D eigenvalue weighted by atomic mass is 9.85. The standard InChI is InChI=1S/C16H25ClN2/c1-3-9-18-12-14-7-5-10-19(2)16(14)13-6-4-8-15(17)11-13/h4,6,8,11,14,16,18H,3,5,7,9-10,12H2,1-2H3. The highest BCUT2D eigenvalue weighted by Crippen LogP contribution is 2.35. The van der Waals surface area contributed by atoms with Crippen LogP contribution in [0.1, 0.15) is 37.8 Å². The van der Waals surface area contributed by atoms with Gasteiger partial charge in [-0.1, -0.05) is 30.7 Å². The molecule has 2 atom stereocenters. The van der Waals surface area contributed by atoms with Gasteiger partial charge in [0.1, 0.15) is 0 Å². The summed E-state index contributed by atoms with van der Waals surface area (Å²) in [6, 6.07) is 8.86. The van der Waals surface area contributed by atoms with Gasteiger partial charge in [-0.2, -0.15) is 0 Å². The molecular formula is C16H25ClN2. The van der Waals surface area contributed by atoms with Gasteiger partial charge in [0.05, 0.1) is 0 Å². The average molecular weight is 281 g/mol. The zero-order valence-corrected chi connectivity index (χ0v) is 12.8. The number of likely N-dealkylation sites (tertiary alicyclic amines) is 1. The Morgan fingerprint density at radius 2 is 2.26 bits per heavy atom. The number of hydrogen-bond acceptors (Lipinski definition) is 2. The van der Waals surface area contributed by atoms with Gasteiger partial charge in [0.15, 0.2) is 0 Å². The summed E-state index contributed by atoms with van der Waals surface area (Å²) in [7, 11) is 2.23. The van der Waals surface area contributed by atoms with Crippen LogP contribution in [-0.4, -0.2) is 31.6 Å². The molecule has 19 heavy (non-hydrogen) atoms. The van der Waals surface area contributed by atoms with Crippen LogP contribution < -0.4 is 5.32 Å². The fourth-order valence-electron chi connectivity index (χ4n) is 3.15. The predicted octanol–water partition coefficient (Wildman–Crippen LogP) is 3.72. The lowest BCUT2D eigenvalue weighted by Gasteiger charge is -2.40. The first-order valence-corrected chi connectivity index (χ1v) is 7.76. The minimum Gasteiger partial charge on any atom is -0.316 e. The summed E-state index contributed by atoms with van der Waals surface area (Å²) in [5.41, 5.74) is 1.36. The van der Waals surface area contributed by atoms with Crippen molar-refractivity contribution in [1.29, 1.82) is 0 Å². The Balaban J connectivity index is 2.11. The minimum absolute atomic E-state index is 0.497. The van der Waals surface area contributed by atoms with Gasteiger partial charge in [0.2, 0.25) is 0 Å². The smallest absolute Gasteiger partial charge is 0.0409 e. The van der Waals surface area contributed by atoms with Crippen molar-refractivity contribution in [3.63, 3.8) is 0 Å². The van der Waals surface area contributed by atoms with Crippen LogP contribution in [0.15, 0.2) is 24.3 Å². The molecule has 0 aliphatic carbocycles. The maximum atomic E-state index is 6.15. The molecule has 2 nitrogen and oxygen atoms in total. The maximum Gasteiger partial charge on any atom is 0.0409 e. The zero-order valence-electron chi connectivity index (χ0n) is 12.0. The Morgan fingerprint density at radius 1 is 1.42 bits per heavy atom. The van der Waals surface area contributed by atoms with E-state index in [1.807, 2.05) is 6.07 Å². The van der Waals surface area contributed by atoms with Crippen LogP contribution in [0.5, 0.6) is 0 Å². The fourth-order valence-corrected chi connectivity index (χ4v) is 3.35. The summed E-state index contributed by atoms with van der Waals surface area (Å²) in [6.07, 6.45) is 3.80. The monoisotopic (exact) mass is 280 g/mol. The van der Waals surface area contributed by atoms with E-state index in [9.17, 15) is 0 Å². The van der Waals surface area contributed by atoms with E-state index in [-0.39, 0.29) is 0 Å². The van der Waals surface area contributed by atoms with E-state index in [4.69, 9.17) is 11.6 Å². The molecule has 1 N–H and O–H groups in total. The molecule has 1 aromatic carbocycles. The molecule has 106 valence electrons. The second-order valence-corrected chi connectivity index (χ2v) is 6.02. The highest BCUT2D eigenvalue weighted by Gasteiger charge is 2.30. The van der Waals surface area contributed by atoms with Crippen LogP contribution >= 0.6 is 11.6 Å². The summed E-state index contributed by atoms with van der Waals surface area (Å²) in [6.45, 7) is 5.62. The topological polar surface area (TPSA) is 15.3 Å². The SMILES string of the molecule is CCCNCC1CCCN(C)C1c1cccc(Cl)c1. The zero-order chi connectivity index (χ0) is 13.7. The molecule has 0 amide bonds. The van der Waals surface area contributed by atoms with Crippen LogP contribution in [0.2, 0.25) is 5.02 Å². The van der Waals surface area contributed by atoms with Crippen molar-refractivity contribution in [2.45, 2.75) is 32.2 Å². The van der Waals surface area contributed by atoms with E-state index < -0.39 is 0 Å². The maximum absolute atomic E-state index is 6.15. The third kappa shape index (κ3) is 3.95. The van der Waals surface area contributed by atoms with Gasteiger partial charge < -0.3 is 5.32 Å². The molecule has 1 aromatic rings. The molecule has 1 saturated heterocycles. The van der Waals surface area contributed by atoms with E-state index in [0.29, 0.717) is 12.0 Å². The number of nitrogens with zero attached hydrogens (tertiary/aromatic N) is 1. The normalized spacial score (nSPS) is 24.6. The van der Waals surface area contributed by atoms with Crippen LogP contribution in [0.4, 0.5) is 0 Å². The van der Waals surface area contributed by atoms with Crippen LogP contribution in [-0.2, 0) is 0 Å². The Hall–Kier alpha value is -0.570. The quantitative estimate of drug-likeness (QED) is 0.827. The van der Waals surface area contributed by atoms with Gasteiger partial charge in [-0.15, -0.1) is 0 Å². The highest BCUT2D eigenvalue weighted by atomic mass is 35.5. The summed E-state index contributed by atoms with van der Waals surface area (Å²) in [5.74, 6) is 0.684. The Kier molecular flexibility index (Phi) is 5.68. The van der Waals surface area contributed by atoms with Crippen molar-refractivity contribution < 1.29 is 0 Å². The van der Waals surface area contributed by atoms with Crippen molar-refractivity contribution in [3.05, 3.63) is 34.9 Å². The molecule has 2 unspecified atom stereocenters. The minimum atomic E-state index is 0.497. The fraction of sp³-hybridized carbons (Fsp3) is 0.625. The second kappa shape index (κ2) is 7.28. The van der Waals surface area contributed by atoms with Gasteiger partial charge >= 0.3 is 0 Å². The molecule has 0 radical (unpaired) electrons. The van der Waals surface area contributed by atoms with Gasteiger partial charge in [0, 0.05) is 11.1 Å². The van der Waals surface area contributed by atoms with Gasteiger partial charge in [-0.25, -0.2) is 0 Å². The molecule has 1 fully saturated rings. The van der Waals surface area contributed by atoms with Gasteiger partial charge in [-0.05, 0) is 69.6 Å². The highest BCUT2D eigenvalue weighted by molar-refractivity contribution is 6.30. The lowest BCUT2D eigenvalue weighted by molar-refractivity contribution is 0.119. The summed E-state index contributed by atoms with van der Waals surface area (Å²) < 4.78 is 0. The predicted molar refractivity (Wildman–Crippen MR) is 82.7 cm³/mol. The molecule has 0 aromatic heterocycles. The summed E-state index contributed by atoms with van der Waals surface area (Å²) in [5, 5.41) is 4.42. The van der Waals surface area contributed by atoms with Crippen LogP contribution in [0.3, 0.4) is 0 Å². The summed E-state index contributed by atoms with van der Waals surface area (Å²) in [4.78, 5) is 2.48. The number of benzene rings is 1. The first-order chi connectivity index (χ1) is 9.22. The lowest BCUT2D eigenvalue weighted by Crippen LogP contribution is -2.40. The van der Waals surface area contributed by atoms with Crippen molar-refractivity contribution >= 4 is 11.6 Å². The van der Waals surface area contributed by atoms with Crippen molar-refractivity contribution in [2.24, 2.45) is 5.92 Å². The van der Waals surface area contributed by atoms with Crippen molar-refractivity contribution in [2.75, 3.05) is 26.7 Å². The van der Waals surface area contributed by atoms with E-state index in [0.717, 1.165) is 18.1 Å². The first-order valence-electron chi connectivity index (χ1n) is 7.38. The molecular weight excluding hydrogens is 256 g/mol. The first kappa shape index (κ1) is 14.8. The van der Waals surface area contributed by atoms with Crippen molar-refractivity contribution in [1.82, 2.24) is 10.2 Å².